The van der Waals surface area contributed by atoms with Gasteiger partial charge >= 0.3 is 5.97 Å². The van der Waals surface area contributed by atoms with E-state index in [-0.39, 0.29) is 6.42 Å². The Morgan fingerprint density at radius 2 is 1.94 bits per heavy atom. The van der Waals surface area contributed by atoms with Crippen LogP contribution in [-0.2, 0) is 16.0 Å². The largest absolute Gasteiger partial charge is 0.479 e. The van der Waals surface area contributed by atoms with Crippen molar-refractivity contribution in [3.05, 3.63) is 30.1 Å². The van der Waals surface area contributed by atoms with Crippen molar-refractivity contribution in [1.29, 1.82) is 0 Å². The summed E-state index contributed by atoms with van der Waals surface area (Å²) in [6.07, 6.45) is 2.97. The Hall–Kier alpha value is -1.79. The highest BCUT2D eigenvalue weighted by atomic mass is 16.4. The summed E-state index contributed by atoms with van der Waals surface area (Å²) in [7, 11) is 0. The van der Waals surface area contributed by atoms with Gasteiger partial charge in [0.05, 0.1) is 0 Å². The lowest BCUT2D eigenvalue weighted by molar-refractivity contribution is -0.147. The lowest BCUT2D eigenvalue weighted by Crippen LogP contribution is -2.60. The maximum atomic E-state index is 11.7. The Bertz CT molecular complexity index is 394. The van der Waals surface area contributed by atoms with Gasteiger partial charge in [0.25, 0.3) is 0 Å². The summed E-state index contributed by atoms with van der Waals surface area (Å²) in [6.45, 7) is -0.424. The van der Waals surface area contributed by atoms with Crippen LogP contribution in [0, 0.1) is 0 Å². The Labute approximate surface area is 92.3 Å². The molecule has 0 amide bonds. The van der Waals surface area contributed by atoms with Crippen molar-refractivity contribution in [2.24, 2.45) is 11.5 Å². The molecule has 86 valence electrons. The summed E-state index contributed by atoms with van der Waals surface area (Å²) >= 11 is 0. The number of nitrogens with two attached hydrogens (primary N) is 2. The van der Waals surface area contributed by atoms with Crippen LogP contribution in [0.4, 0.5) is 0 Å². The van der Waals surface area contributed by atoms with E-state index in [9.17, 15) is 9.59 Å². The lowest BCUT2D eigenvalue weighted by atomic mass is 9.91. The fourth-order valence-corrected chi connectivity index (χ4v) is 1.16. The van der Waals surface area contributed by atoms with Gasteiger partial charge in [-0.3, -0.25) is 9.78 Å². The van der Waals surface area contributed by atoms with Crippen LogP contribution in [-0.4, -0.2) is 33.9 Å². The summed E-state index contributed by atoms with van der Waals surface area (Å²) < 4.78 is 0. The van der Waals surface area contributed by atoms with Gasteiger partial charge in [0.1, 0.15) is 0 Å². The Balaban J connectivity index is 2.83. The van der Waals surface area contributed by atoms with Crippen LogP contribution in [0.25, 0.3) is 0 Å². The average Bonchev–Trinajstić information content (AvgIpc) is 2.28. The lowest BCUT2D eigenvalue weighted by Gasteiger charge is -2.20. The normalized spacial score (nSPS) is 14.1. The number of aromatic nitrogens is 1. The van der Waals surface area contributed by atoms with Crippen molar-refractivity contribution < 1.29 is 14.7 Å². The van der Waals surface area contributed by atoms with Gasteiger partial charge in [0.2, 0.25) is 0 Å². The Morgan fingerprint density at radius 3 is 2.38 bits per heavy atom. The van der Waals surface area contributed by atoms with Crippen LogP contribution in [0.3, 0.4) is 0 Å². The third kappa shape index (κ3) is 2.41. The molecule has 1 rings (SSSR count). The molecule has 1 atom stereocenters. The topological polar surface area (TPSA) is 119 Å². The van der Waals surface area contributed by atoms with Crippen molar-refractivity contribution in [1.82, 2.24) is 4.98 Å². The van der Waals surface area contributed by atoms with E-state index in [1.54, 1.807) is 12.1 Å². The number of carboxylic acids is 1. The fourth-order valence-electron chi connectivity index (χ4n) is 1.16. The van der Waals surface area contributed by atoms with Crippen molar-refractivity contribution >= 4 is 11.8 Å². The van der Waals surface area contributed by atoms with Crippen LogP contribution < -0.4 is 11.5 Å². The van der Waals surface area contributed by atoms with Crippen LogP contribution in [0.2, 0.25) is 0 Å². The van der Waals surface area contributed by atoms with Gasteiger partial charge in [-0.25, -0.2) is 4.79 Å². The highest BCUT2D eigenvalue weighted by Gasteiger charge is 2.40. The van der Waals surface area contributed by atoms with Crippen LogP contribution in [0.15, 0.2) is 24.5 Å². The third-order valence-electron chi connectivity index (χ3n) is 2.32. The first-order valence-corrected chi connectivity index (χ1v) is 4.65. The highest BCUT2D eigenvalue weighted by molar-refractivity contribution is 6.08. The van der Waals surface area contributed by atoms with E-state index in [2.05, 4.69) is 4.98 Å². The molecule has 0 aliphatic carbocycles. The molecule has 6 heteroatoms. The highest BCUT2D eigenvalue weighted by Crippen LogP contribution is 2.07. The number of ketones is 1. The van der Waals surface area contributed by atoms with E-state index in [4.69, 9.17) is 16.6 Å². The van der Waals surface area contributed by atoms with Crippen molar-refractivity contribution in [2.75, 3.05) is 6.54 Å². The minimum atomic E-state index is -2.01. The first-order chi connectivity index (χ1) is 7.50. The standard InChI is InChI=1S/C10H13N3O3/c11-6-10(12,9(15)16)8(14)5-7-1-3-13-4-2-7/h1-4H,5-6,11-12H2,(H,15,16). The first-order valence-electron chi connectivity index (χ1n) is 4.65. The first kappa shape index (κ1) is 12.3. The zero-order chi connectivity index (χ0) is 12.2. The van der Waals surface area contributed by atoms with E-state index in [1.165, 1.54) is 12.4 Å². The third-order valence-corrected chi connectivity index (χ3v) is 2.32. The monoisotopic (exact) mass is 223 g/mol. The van der Waals surface area contributed by atoms with Gasteiger partial charge in [-0.05, 0) is 17.7 Å². The molecule has 0 aliphatic heterocycles. The number of rotatable bonds is 5. The van der Waals surface area contributed by atoms with Crippen LogP contribution >= 0.6 is 0 Å². The number of Topliss-reactive ketones (excluding diaryl/α,β-unsaturated/α-hetero) is 1. The van der Waals surface area contributed by atoms with Crippen molar-refractivity contribution in [3.8, 4) is 0 Å². The van der Waals surface area contributed by atoms with E-state index < -0.39 is 23.8 Å². The predicted octanol–water partition coefficient (Wildman–Crippen LogP) is -1.07. The zero-order valence-corrected chi connectivity index (χ0v) is 8.59. The van der Waals surface area contributed by atoms with Crippen molar-refractivity contribution in [3.63, 3.8) is 0 Å². The van der Waals surface area contributed by atoms with Crippen LogP contribution in [0.1, 0.15) is 5.56 Å². The zero-order valence-electron chi connectivity index (χ0n) is 8.59. The summed E-state index contributed by atoms with van der Waals surface area (Å²) in [6, 6.07) is 3.24. The molecule has 6 nitrogen and oxygen atoms in total. The Kier molecular flexibility index (Phi) is 3.70. The van der Waals surface area contributed by atoms with E-state index >= 15 is 0 Å². The molecule has 0 aliphatic rings. The molecule has 16 heavy (non-hydrogen) atoms. The van der Waals surface area contributed by atoms with Gasteiger partial charge in [-0.2, -0.15) is 0 Å². The second kappa shape index (κ2) is 4.82. The van der Waals surface area contributed by atoms with Gasteiger partial charge < -0.3 is 16.6 Å². The molecule has 1 aromatic rings. The molecule has 0 bridgehead atoms. The Morgan fingerprint density at radius 1 is 1.38 bits per heavy atom. The van der Waals surface area contributed by atoms with Crippen molar-refractivity contribution in [2.45, 2.75) is 12.0 Å². The van der Waals surface area contributed by atoms with Gasteiger partial charge in [0, 0.05) is 25.4 Å². The number of nitrogens with zero attached hydrogens (tertiary/aromatic N) is 1. The molecule has 0 aromatic carbocycles. The maximum Gasteiger partial charge on any atom is 0.332 e. The minimum Gasteiger partial charge on any atom is -0.479 e. The quantitative estimate of drug-likeness (QED) is 0.547. The molecular formula is C10H13N3O3. The molecule has 0 saturated carbocycles. The average molecular weight is 223 g/mol. The number of hydrogen-bond acceptors (Lipinski definition) is 5. The minimum absolute atomic E-state index is 0.0669. The smallest absolute Gasteiger partial charge is 0.332 e. The van der Waals surface area contributed by atoms with Gasteiger partial charge in [-0.15, -0.1) is 0 Å². The number of carbonyl (C=O) groups is 2. The van der Waals surface area contributed by atoms with Crippen LogP contribution in [0.5, 0.6) is 0 Å². The molecule has 1 heterocycles. The summed E-state index contributed by atoms with van der Waals surface area (Å²) in [5.41, 5.74) is 9.31. The van der Waals surface area contributed by atoms with Gasteiger partial charge in [-0.1, -0.05) is 0 Å². The van der Waals surface area contributed by atoms with E-state index in [0.29, 0.717) is 5.56 Å². The molecule has 0 saturated heterocycles. The second-order valence-corrected chi connectivity index (χ2v) is 3.44. The number of pyridine rings is 1. The van der Waals surface area contributed by atoms with E-state index in [0.717, 1.165) is 0 Å². The number of aliphatic carboxylic acids is 1. The molecule has 0 fully saturated rings. The second-order valence-electron chi connectivity index (χ2n) is 3.44. The summed E-state index contributed by atoms with van der Waals surface area (Å²) in [4.78, 5) is 26.3. The molecule has 5 N–H and O–H groups in total. The molecular weight excluding hydrogens is 210 g/mol. The molecule has 0 radical (unpaired) electrons. The number of carboxylic acid groups (broad SMARTS) is 1. The maximum absolute atomic E-state index is 11.7. The number of hydrogen-bond donors (Lipinski definition) is 3. The predicted molar refractivity (Wildman–Crippen MR) is 56.6 cm³/mol. The SMILES string of the molecule is NCC(N)(C(=O)O)C(=O)Cc1ccncc1. The summed E-state index contributed by atoms with van der Waals surface area (Å²) in [5, 5.41) is 8.84. The summed E-state index contributed by atoms with van der Waals surface area (Å²) in [5.74, 6) is -2.03. The molecule has 0 spiro atoms. The fraction of sp³-hybridized carbons (Fsp3) is 0.300. The van der Waals surface area contributed by atoms with Gasteiger partial charge in [0.15, 0.2) is 11.3 Å². The van der Waals surface area contributed by atoms with E-state index in [1.807, 2.05) is 0 Å². The molecule has 1 unspecified atom stereocenters. The molecule has 1 aromatic heterocycles. The number of carbonyl (C=O) groups excluding carboxylic acids is 1.